The number of carbonyl (C=O) groups excluding carboxylic acids is 2. The monoisotopic (exact) mass is 341 g/mol. The molecule has 2 aromatic carbocycles. The van der Waals surface area contributed by atoms with E-state index in [0.29, 0.717) is 23.8 Å². The number of hydrogen-bond acceptors (Lipinski definition) is 4. The normalized spacial score (nSPS) is 10.4. The van der Waals surface area contributed by atoms with Gasteiger partial charge in [-0.05, 0) is 42.7 Å². The molecule has 1 amide bonds. The van der Waals surface area contributed by atoms with E-state index in [1.807, 2.05) is 24.3 Å². The van der Waals surface area contributed by atoms with Crippen molar-refractivity contribution in [2.45, 2.75) is 26.7 Å². The van der Waals surface area contributed by atoms with Gasteiger partial charge in [0.2, 0.25) is 0 Å². The van der Waals surface area contributed by atoms with Gasteiger partial charge < -0.3 is 14.8 Å². The Balaban J connectivity index is 1.97. The Morgan fingerprint density at radius 2 is 1.84 bits per heavy atom. The van der Waals surface area contributed by atoms with Crippen LogP contribution in [0.5, 0.6) is 5.75 Å². The molecule has 2 rings (SSSR count). The number of para-hydroxylation sites is 1. The molecule has 0 bridgehead atoms. The molecular formula is C20H23NO4. The van der Waals surface area contributed by atoms with Crippen molar-refractivity contribution >= 4 is 17.6 Å². The molecule has 0 atom stereocenters. The summed E-state index contributed by atoms with van der Waals surface area (Å²) in [4.78, 5) is 23.9. The molecule has 0 aliphatic carbocycles. The standard InChI is InChI=1S/C20H23NO4/c1-4-24-20(23)15-8-7-9-16(12-15)25-13-19(22)21-18-11-6-5-10-17(18)14(2)3/h5-12,14H,4,13H2,1-3H3,(H,21,22). The Labute approximate surface area is 148 Å². The molecule has 132 valence electrons. The lowest BCUT2D eigenvalue weighted by Gasteiger charge is -2.14. The number of hydrogen-bond donors (Lipinski definition) is 1. The van der Waals surface area contributed by atoms with Gasteiger partial charge in [-0.1, -0.05) is 38.1 Å². The van der Waals surface area contributed by atoms with Crippen molar-refractivity contribution in [1.29, 1.82) is 0 Å². The number of benzene rings is 2. The first-order chi connectivity index (χ1) is 12.0. The first kappa shape index (κ1) is 18.5. The summed E-state index contributed by atoms with van der Waals surface area (Å²) in [7, 11) is 0. The highest BCUT2D eigenvalue weighted by Crippen LogP contribution is 2.23. The summed E-state index contributed by atoms with van der Waals surface area (Å²) in [6.45, 7) is 6.06. The van der Waals surface area contributed by atoms with Crippen LogP contribution in [0.15, 0.2) is 48.5 Å². The largest absolute Gasteiger partial charge is 0.484 e. The Hall–Kier alpha value is -2.82. The zero-order chi connectivity index (χ0) is 18.2. The van der Waals surface area contributed by atoms with E-state index in [4.69, 9.17) is 9.47 Å². The quantitative estimate of drug-likeness (QED) is 0.773. The number of esters is 1. The van der Waals surface area contributed by atoms with Crippen LogP contribution >= 0.6 is 0 Å². The van der Waals surface area contributed by atoms with Crippen molar-refractivity contribution < 1.29 is 19.1 Å². The SMILES string of the molecule is CCOC(=O)c1cccc(OCC(=O)Nc2ccccc2C(C)C)c1. The predicted octanol–water partition coefficient (Wildman–Crippen LogP) is 4.00. The number of ether oxygens (including phenoxy) is 2. The molecule has 2 aromatic rings. The van der Waals surface area contributed by atoms with Crippen LogP contribution in [0.1, 0.15) is 42.6 Å². The van der Waals surface area contributed by atoms with Gasteiger partial charge in [0.05, 0.1) is 12.2 Å². The lowest BCUT2D eigenvalue weighted by molar-refractivity contribution is -0.118. The molecule has 0 unspecified atom stereocenters. The minimum atomic E-state index is -0.414. The van der Waals surface area contributed by atoms with E-state index in [-0.39, 0.29) is 12.5 Å². The third-order valence-corrected chi connectivity index (χ3v) is 3.57. The molecule has 5 heteroatoms. The summed E-state index contributed by atoms with van der Waals surface area (Å²) < 4.78 is 10.4. The fraction of sp³-hybridized carbons (Fsp3) is 0.300. The Morgan fingerprint density at radius 3 is 2.56 bits per heavy atom. The van der Waals surface area contributed by atoms with Crippen molar-refractivity contribution in [2.24, 2.45) is 0 Å². The van der Waals surface area contributed by atoms with Crippen LogP contribution in [0.3, 0.4) is 0 Å². The van der Waals surface area contributed by atoms with Gasteiger partial charge >= 0.3 is 5.97 Å². The van der Waals surface area contributed by atoms with Gasteiger partial charge in [0.1, 0.15) is 5.75 Å². The lowest BCUT2D eigenvalue weighted by Crippen LogP contribution is -2.21. The molecule has 1 N–H and O–H groups in total. The highest BCUT2D eigenvalue weighted by Gasteiger charge is 2.11. The van der Waals surface area contributed by atoms with Crippen molar-refractivity contribution in [3.8, 4) is 5.75 Å². The Morgan fingerprint density at radius 1 is 1.08 bits per heavy atom. The van der Waals surface area contributed by atoms with Crippen LogP contribution in [-0.2, 0) is 9.53 Å². The van der Waals surface area contributed by atoms with Gasteiger partial charge in [0.15, 0.2) is 6.61 Å². The van der Waals surface area contributed by atoms with Crippen molar-refractivity contribution in [3.05, 3.63) is 59.7 Å². The van der Waals surface area contributed by atoms with Gasteiger partial charge in [-0.15, -0.1) is 0 Å². The van der Waals surface area contributed by atoms with E-state index < -0.39 is 5.97 Å². The average Bonchev–Trinajstić information content (AvgIpc) is 2.61. The first-order valence-electron chi connectivity index (χ1n) is 8.30. The summed E-state index contributed by atoms with van der Waals surface area (Å²) in [5.41, 5.74) is 2.25. The van der Waals surface area contributed by atoms with Gasteiger partial charge in [0.25, 0.3) is 5.91 Å². The average molecular weight is 341 g/mol. The number of amides is 1. The second-order valence-electron chi connectivity index (χ2n) is 5.83. The summed E-state index contributed by atoms with van der Waals surface area (Å²) in [5, 5.41) is 2.86. The molecule has 0 heterocycles. The van der Waals surface area contributed by atoms with E-state index in [0.717, 1.165) is 11.3 Å². The van der Waals surface area contributed by atoms with Gasteiger partial charge in [-0.2, -0.15) is 0 Å². The minimum absolute atomic E-state index is 0.140. The molecule has 5 nitrogen and oxygen atoms in total. The number of nitrogens with one attached hydrogen (secondary N) is 1. The zero-order valence-corrected chi connectivity index (χ0v) is 14.7. The number of anilines is 1. The van der Waals surface area contributed by atoms with Crippen LogP contribution < -0.4 is 10.1 Å². The molecule has 0 spiro atoms. The van der Waals surface area contributed by atoms with Gasteiger partial charge in [-0.25, -0.2) is 4.79 Å². The molecular weight excluding hydrogens is 318 g/mol. The third-order valence-electron chi connectivity index (χ3n) is 3.57. The Kier molecular flexibility index (Phi) is 6.57. The van der Waals surface area contributed by atoms with Crippen LogP contribution in [-0.4, -0.2) is 25.1 Å². The second-order valence-corrected chi connectivity index (χ2v) is 5.83. The summed E-state index contributed by atoms with van der Waals surface area (Å²) in [6.07, 6.45) is 0. The maximum Gasteiger partial charge on any atom is 0.338 e. The van der Waals surface area contributed by atoms with Crippen LogP contribution in [0.25, 0.3) is 0 Å². The molecule has 0 saturated heterocycles. The maximum atomic E-state index is 12.2. The number of carbonyl (C=O) groups is 2. The van der Waals surface area contributed by atoms with Crippen molar-refractivity contribution in [1.82, 2.24) is 0 Å². The van der Waals surface area contributed by atoms with E-state index in [2.05, 4.69) is 19.2 Å². The van der Waals surface area contributed by atoms with E-state index >= 15 is 0 Å². The lowest BCUT2D eigenvalue weighted by atomic mass is 10.0. The fourth-order valence-electron chi connectivity index (χ4n) is 2.38. The van der Waals surface area contributed by atoms with Crippen LogP contribution in [0.4, 0.5) is 5.69 Å². The minimum Gasteiger partial charge on any atom is -0.484 e. The second kappa shape index (κ2) is 8.87. The topological polar surface area (TPSA) is 64.6 Å². The van der Waals surface area contributed by atoms with E-state index in [1.54, 1.807) is 31.2 Å². The summed E-state index contributed by atoms with van der Waals surface area (Å²) in [5.74, 6) is 0.0782. The Bertz CT molecular complexity index is 740. The molecule has 0 saturated carbocycles. The van der Waals surface area contributed by atoms with E-state index in [1.165, 1.54) is 0 Å². The van der Waals surface area contributed by atoms with Crippen molar-refractivity contribution in [2.75, 3.05) is 18.5 Å². The highest BCUT2D eigenvalue weighted by molar-refractivity contribution is 5.93. The molecule has 0 aliphatic rings. The molecule has 0 aromatic heterocycles. The zero-order valence-electron chi connectivity index (χ0n) is 14.7. The van der Waals surface area contributed by atoms with Gasteiger partial charge in [-0.3, -0.25) is 4.79 Å². The molecule has 0 radical (unpaired) electrons. The van der Waals surface area contributed by atoms with E-state index in [9.17, 15) is 9.59 Å². The van der Waals surface area contributed by atoms with Crippen LogP contribution in [0.2, 0.25) is 0 Å². The molecule has 25 heavy (non-hydrogen) atoms. The fourth-order valence-corrected chi connectivity index (χ4v) is 2.38. The summed E-state index contributed by atoms with van der Waals surface area (Å²) >= 11 is 0. The maximum absolute atomic E-state index is 12.2. The smallest absolute Gasteiger partial charge is 0.338 e. The third kappa shape index (κ3) is 5.35. The van der Waals surface area contributed by atoms with Crippen LogP contribution in [0, 0.1) is 0 Å². The number of rotatable bonds is 7. The summed E-state index contributed by atoms with van der Waals surface area (Å²) in [6, 6.07) is 14.3. The van der Waals surface area contributed by atoms with Gasteiger partial charge in [0, 0.05) is 5.69 Å². The van der Waals surface area contributed by atoms with Crippen molar-refractivity contribution in [3.63, 3.8) is 0 Å². The highest BCUT2D eigenvalue weighted by atomic mass is 16.5. The molecule has 0 fully saturated rings. The molecule has 0 aliphatic heterocycles. The first-order valence-corrected chi connectivity index (χ1v) is 8.30. The predicted molar refractivity (Wildman–Crippen MR) is 97.1 cm³/mol.